The first-order valence-electron chi connectivity index (χ1n) is 5.99. The lowest BCUT2D eigenvalue weighted by Crippen LogP contribution is -2.51. The second-order valence-electron chi connectivity index (χ2n) is 4.22. The van der Waals surface area contributed by atoms with Gasteiger partial charge in [0.15, 0.2) is 11.9 Å². The molecule has 1 aromatic rings. The summed E-state index contributed by atoms with van der Waals surface area (Å²) in [5.41, 5.74) is 5.47. The number of urea groups is 1. The molecule has 0 aliphatic rings. The third-order valence-electron chi connectivity index (χ3n) is 2.45. The smallest absolute Gasteiger partial charge is 0.328 e. The number of nitrogens with two attached hydrogens (primary N) is 1. The highest BCUT2D eigenvalue weighted by molar-refractivity contribution is 5.82. The summed E-state index contributed by atoms with van der Waals surface area (Å²) in [5, 5.41) is 34.7. The number of rotatable bonds is 7. The standard InChI is InChI=1S/C10H17N5O6/c1-4(17)7(9(18)19)14-10(20)12-2-6-13-8(15-21-6)5(11)3-16/h4-5,7,16-17H,2-3,11H2,1H3,(H,18,19)(H2,12,14,20)/t4-,5+,7+/m1/s1. The van der Waals surface area contributed by atoms with Crippen molar-refractivity contribution in [3.05, 3.63) is 11.7 Å². The first-order chi connectivity index (χ1) is 9.85. The second kappa shape index (κ2) is 7.52. The Hall–Kier alpha value is -2.24. The van der Waals surface area contributed by atoms with Crippen molar-refractivity contribution in [3.63, 3.8) is 0 Å². The molecule has 11 nitrogen and oxygen atoms in total. The molecule has 2 amide bonds. The monoisotopic (exact) mass is 303 g/mol. The van der Waals surface area contributed by atoms with E-state index in [4.69, 9.17) is 20.5 Å². The lowest BCUT2D eigenvalue weighted by Gasteiger charge is -2.16. The summed E-state index contributed by atoms with van der Waals surface area (Å²) in [6, 6.07) is -3.05. The molecular weight excluding hydrogens is 286 g/mol. The molecule has 118 valence electrons. The number of aliphatic carboxylic acids is 1. The average molecular weight is 303 g/mol. The molecule has 1 aromatic heterocycles. The van der Waals surface area contributed by atoms with E-state index in [-0.39, 0.29) is 24.9 Å². The molecule has 11 heteroatoms. The van der Waals surface area contributed by atoms with E-state index in [0.29, 0.717) is 0 Å². The fourth-order valence-corrected chi connectivity index (χ4v) is 1.31. The van der Waals surface area contributed by atoms with E-state index in [1.54, 1.807) is 0 Å². The molecule has 0 radical (unpaired) electrons. The normalized spacial score (nSPS) is 15.0. The van der Waals surface area contributed by atoms with Crippen molar-refractivity contribution in [1.82, 2.24) is 20.8 Å². The SMILES string of the molecule is C[C@@H](O)[C@H](NC(=O)NCc1nc([C@@H](N)CO)no1)C(=O)O. The summed E-state index contributed by atoms with van der Waals surface area (Å²) in [5.74, 6) is -1.25. The predicted octanol–water partition coefficient (Wildman–Crippen LogP) is -2.31. The Morgan fingerprint density at radius 1 is 1.48 bits per heavy atom. The van der Waals surface area contributed by atoms with Gasteiger partial charge < -0.3 is 36.2 Å². The molecule has 0 fully saturated rings. The zero-order valence-corrected chi connectivity index (χ0v) is 11.2. The summed E-state index contributed by atoms with van der Waals surface area (Å²) in [6.45, 7) is 0.713. The van der Waals surface area contributed by atoms with E-state index >= 15 is 0 Å². The van der Waals surface area contributed by atoms with Gasteiger partial charge in [-0.3, -0.25) is 0 Å². The van der Waals surface area contributed by atoms with Gasteiger partial charge in [-0.1, -0.05) is 5.16 Å². The topological polar surface area (TPSA) is 184 Å². The minimum absolute atomic E-state index is 0.0352. The van der Waals surface area contributed by atoms with Crippen LogP contribution in [0.3, 0.4) is 0 Å². The maximum absolute atomic E-state index is 11.5. The molecule has 1 heterocycles. The molecule has 3 atom stereocenters. The third kappa shape index (κ3) is 4.98. The number of nitrogens with zero attached hydrogens (tertiary/aromatic N) is 2. The summed E-state index contributed by atoms with van der Waals surface area (Å²) in [4.78, 5) is 26.1. The first kappa shape index (κ1) is 16.8. The number of hydrogen-bond donors (Lipinski definition) is 6. The van der Waals surface area contributed by atoms with Crippen LogP contribution in [0, 0.1) is 0 Å². The van der Waals surface area contributed by atoms with Crippen molar-refractivity contribution in [2.24, 2.45) is 5.73 Å². The Labute approximate surface area is 119 Å². The minimum atomic E-state index is -1.44. The van der Waals surface area contributed by atoms with Crippen LogP contribution in [0.5, 0.6) is 0 Å². The van der Waals surface area contributed by atoms with Gasteiger partial charge in [0.2, 0.25) is 5.89 Å². The van der Waals surface area contributed by atoms with Crippen molar-refractivity contribution in [3.8, 4) is 0 Å². The van der Waals surface area contributed by atoms with Crippen molar-refractivity contribution in [2.45, 2.75) is 31.7 Å². The molecule has 1 rings (SSSR count). The Morgan fingerprint density at radius 2 is 2.14 bits per heavy atom. The van der Waals surface area contributed by atoms with Gasteiger partial charge in [0.1, 0.15) is 0 Å². The molecule has 0 aliphatic carbocycles. The van der Waals surface area contributed by atoms with Gasteiger partial charge in [-0.2, -0.15) is 4.98 Å². The maximum atomic E-state index is 11.5. The fraction of sp³-hybridized carbons (Fsp3) is 0.600. The lowest BCUT2D eigenvalue weighted by molar-refractivity contribution is -0.141. The van der Waals surface area contributed by atoms with Crippen LogP contribution in [0.4, 0.5) is 4.79 Å². The van der Waals surface area contributed by atoms with E-state index in [2.05, 4.69) is 20.8 Å². The molecule has 0 spiro atoms. The fourth-order valence-electron chi connectivity index (χ4n) is 1.31. The van der Waals surface area contributed by atoms with E-state index in [9.17, 15) is 14.7 Å². The summed E-state index contributed by atoms with van der Waals surface area (Å²) < 4.78 is 4.78. The van der Waals surface area contributed by atoms with Crippen LogP contribution in [0.15, 0.2) is 4.52 Å². The van der Waals surface area contributed by atoms with Gasteiger partial charge in [0, 0.05) is 0 Å². The van der Waals surface area contributed by atoms with Gasteiger partial charge in [0.05, 0.1) is 25.3 Å². The number of aliphatic hydroxyl groups is 2. The highest BCUT2D eigenvalue weighted by Crippen LogP contribution is 2.04. The second-order valence-corrected chi connectivity index (χ2v) is 4.22. The highest BCUT2D eigenvalue weighted by Gasteiger charge is 2.25. The van der Waals surface area contributed by atoms with E-state index < -0.39 is 30.2 Å². The zero-order chi connectivity index (χ0) is 16.0. The molecule has 0 unspecified atom stereocenters. The molecule has 0 saturated heterocycles. The molecule has 0 saturated carbocycles. The number of carbonyl (C=O) groups excluding carboxylic acids is 1. The Bertz CT molecular complexity index is 490. The Balaban J connectivity index is 2.49. The van der Waals surface area contributed by atoms with Gasteiger partial charge in [-0.15, -0.1) is 0 Å². The van der Waals surface area contributed by atoms with E-state index in [0.717, 1.165) is 0 Å². The van der Waals surface area contributed by atoms with Crippen molar-refractivity contribution >= 4 is 12.0 Å². The molecule has 0 bridgehead atoms. The summed E-state index contributed by atoms with van der Waals surface area (Å²) >= 11 is 0. The van der Waals surface area contributed by atoms with Crippen molar-refractivity contribution < 1.29 is 29.4 Å². The van der Waals surface area contributed by atoms with Gasteiger partial charge in [-0.25, -0.2) is 9.59 Å². The molecular formula is C10H17N5O6. The zero-order valence-electron chi connectivity index (χ0n) is 11.2. The summed E-state index contributed by atoms with van der Waals surface area (Å²) in [6.07, 6.45) is -1.26. The highest BCUT2D eigenvalue weighted by atomic mass is 16.5. The number of amides is 2. The Kier molecular flexibility index (Phi) is 6.02. The molecule has 0 aromatic carbocycles. The third-order valence-corrected chi connectivity index (χ3v) is 2.45. The number of carbonyl (C=O) groups is 2. The van der Waals surface area contributed by atoms with Crippen molar-refractivity contribution in [2.75, 3.05) is 6.61 Å². The lowest BCUT2D eigenvalue weighted by atomic mass is 10.2. The number of carboxylic acid groups (broad SMARTS) is 1. The van der Waals surface area contributed by atoms with Gasteiger partial charge in [-0.05, 0) is 6.92 Å². The number of aromatic nitrogens is 2. The van der Waals surface area contributed by atoms with Crippen LogP contribution >= 0.6 is 0 Å². The molecule has 7 N–H and O–H groups in total. The maximum Gasteiger partial charge on any atom is 0.328 e. The van der Waals surface area contributed by atoms with E-state index in [1.807, 2.05) is 0 Å². The largest absolute Gasteiger partial charge is 0.480 e. The minimum Gasteiger partial charge on any atom is -0.480 e. The van der Waals surface area contributed by atoms with Crippen LogP contribution in [0.2, 0.25) is 0 Å². The molecule has 21 heavy (non-hydrogen) atoms. The quantitative estimate of drug-likeness (QED) is 0.322. The predicted molar refractivity (Wildman–Crippen MR) is 66.8 cm³/mol. The van der Waals surface area contributed by atoms with Crippen LogP contribution < -0.4 is 16.4 Å². The van der Waals surface area contributed by atoms with Crippen LogP contribution in [-0.4, -0.2) is 56.2 Å². The number of hydrogen-bond acceptors (Lipinski definition) is 8. The summed E-state index contributed by atoms with van der Waals surface area (Å²) in [7, 11) is 0. The van der Waals surface area contributed by atoms with Gasteiger partial charge in [0.25, 0.3) is 0 Å². The Morgan fingerprint density at radius 3 is 2.67 bits per heavy atom. The first-order valence-corrected chi connectivity index (χ1v) is 5.99. The number of aliphatic hydroxyl groups excluding tert-OH is 2. The van der Waals surface area contributed by atoms with Gasteiger partial charge >= 0.3 is 12.0 Å². The van der Waals surface area contributed by atoms with Crippen LogP contribution in [-0.2, 0) is 11.3 Å². The molecule has 0 aliphatic heterocycles. The van der Waals surface area contributed by atoms with Crippen LogP contribution in [0.25, 0.3) is 0 Å². The number of nitrogens with one attached hydrogen (secondary N) is 2. The number of carboxylic acids is 1. The average Bonchev–Trinajstić information content (AvgIpc) is 2.89. The van der Waals surface area contributed by atoms with Crippen LogP contribution in [0.1, 0.15) is 24.7 Å². The van der Waals surface area contributed by atoms with E-state index in [1.165, 1.54) is 6.92 Å². The van der Waals surface area contributed by atoms with Crippen molar-refractivity contribution in [1.29, 1.82) is 0 Å².